The number of carbonyl (C=O) groups is 1. The first-order chi connectivity index (χ1) is 14.9. The van der Waals surface area contributed by atoms with Gasteiger partial charge in [-0.1, -0.05) is 39.3 Å². The largest absolute Gasteiger partial charge is 0.374 e. The fourth-order valence-electron chi connectivity index (χ4n) is 3.97. The molecule has 0 radical (unpaired) electrons. The fraction of sp³-hybridized carbons (Fsp3) is 0.545. The first kappa shape index (κ1) is 24.7. The molecular weight excluding hydrogens is 454 g/mol. The molecule has 32 heavy (non-hydrogen) atoms. The lowest BCUT2D eigenvalue weighted by Gasteiger charge is -2.39. The van der Waals surface area contributed by atoms with Crippen LogP contribution in [0.25, 0.3) is 0 Å². The molecule has 8 nitrogen and oxygen atoms in total. The molecule has 1 aliphatic rings. The zero-order valence-electron chi connectivity index (χ0n) is 19.2. The third-order valence-corrected chi connectivity index (χ3v) is 7.24. The van der Waals surface area contributed by atoms with E-state index in [9.17, 15) is 13.2 Å². The summed E-state index contributed by atoms with van der Waals surface area (Å²) in [5.74, 6) is -0.380. The zero-order chi connectivity index (χ0) is 23.8. The average molecular weight is 484 g/mol. The number of rotatable bonds is 8. The van der Waals surface area contributed by atoms with Crippen LogP contribution >= 0.6 is 11.6 Å². The van der Waals surface area contributed by atoms with Gasteiger partial charge in [-0.15, -0.1) is 0 Å². The highest BCUT2D eigenvalue weighted by atomic mass is 35.5. The summed E-state index contributed by atoms with van der Waals surface area (Å²) in [6.45, 7) is 8.67. The van der Waals surface area contributed by atoms with E-state index in [1.807, 2.05) is 39.8 Å². The number of amides is 1. The number of methoxy groups -OCH3 is 1. The summed E-state index contributed by atoms with van der Waals surface area (Å²) in [4.78, 5) is 12.8. The molecule has 0 unspecified atom stereocenters. The molecule has 0 saturated carbocycles. The molecule has 176 valence electrons. The van der Waals surface area contributed by atoms with Crippen LogP contribution in [0.3, 0.4) is 0 Å². The quantitative estimate of drug-likeness (QED) is 0.618. The summed E-state index contributed by atoms with van der Waals surface area (Å²) in [5, 5.41) is 4.46. The second-order valence-electron chi connectivity index (χ2n) is 8.76. The number of aromatic nitrogens is 2. The van der Waals surface area contributed by atoms with Crippen LogP contribution in [0.2, 0.25) is 5.02 Å². The Morgan fingerprint density at radius 2 is 1.78 bits per heavy atom. The maximum Gasteiger partial charge on any atom is 0.283 e. The Morgan fingerprint density at radius 1 is 1.22 bits per heavy atom. The third kappa shape index (κ3) is 4.71. The van der Waals surface area contributed by atoms with Gasteiger partial charge in [0.2, 0.25) is 5.91 Å². The van der Waals surface area contributed by atoms with E-state index in [1.165, 1.54) is 17.9 Å². The van der Waals surface area contributed by atoms with E-state index in [-0.39, 0.29) is 23.3 Å². The van der Waals surface area contributed by atoms with Crippen LogP contribution in [-0.2, 0) is 43.4 Å². The standard InChI is InChI=1S/C22H30ClN3O5S/c1-13(2)16-7-15(23)8-17(14(3)4)18(16)9-20(27)25-32(28,29)21-10-19(26(5)24-21)22(30-6)11-31-12-22/h7-8,10,13-14H,9,11-12H2,1-6H3,(H,25,27). The molecule has 1 amide bonds. The van der Waals surface area contributed by atoms with Crippen LogP contribution in [0, 0.1) is 0 Å². The Hall–Kier alpha value is -1.94. The molecule has 1 N–H and O–H groups in total. The lowest BCUT2D eigenvalue weighted by Crippen LogP contribution is -2.49. The van der Waals surface area contributed by atoms with Crippen molar-refractivity contribution in [3.8, 4) is 0 Å². The highest BCUT2D eigenvalue weighted by Gasteiger charge is 2.44. The number of aryl methyl sites for hydroxylation is 1. The monoisotopic (exact) mass is 483 g/mol. The Labute approximate surface area is 194 Å². The number of sulfonamides is 1. The van der Waals surface area contributed by atoms with Gasteiger partial charge in [0.05, 0.1) is 25.3 Å². The van der Waals surface area contributed by atoms with Crippen LogP contribution in [0.4, 0.5) is 0 Å². The lowest BCUT2D eigenvalue weighted by atomic mass is 9.87. The first-order valence-corrected chi connectivity index (χ1v) is 12.3. The Kier molecular flexibility index (Phi) is 7.05. The van der Waals surface area contributed by atoms with E-state index in [2.05, 4.69) is 9.82 Å². The van der Waals surface area contributed by atoms with Crippen molar-refractivity contribution in [1.29, 1.82) is 0 Å². The fourth-order valence-corrected chi connectivity index (χ4v) is 5.18. The van der Waals surface area contributed by atoms with E-state index in [0.29, 0.717) is 23.9 Å². The van der Waals surface area contributed by atoms with Crippen LogP contribution in [-0.4, -0.2) is 44.4 Å². The second kappa shape index (κ2) is 9.13. The van der Waals surface area contributed by atoms with Gasteiger partial charge in [0.1, 0.15) is 0 Å². The summed E-state index contributed by atoms with van der Waals surface area (Å²) in [6, 6.07) is 5.10. The normalized spacial score (nSPS) is 15.8. The van der Waals surface area contributed by atoms with Crippen LogP contribution in [0.5, 0.6) is 0 Å². The van der Waals surface area contributed by atoms with Crippen molar-refractivity contribution in [2.24, 2.45) is 7.05 Å². The maximum atomic E-state index is 12.9. The number of hydrogen-bond donors (Lipinski definition) is 1. The van der Waals surface area contributed by atoms with Crippen LogP contribution in [0.1, 0.15) is 61.9 Å². The summed E-state index contributed by atoms with van der Waals surface area (Å²) < 4.78 is 40.2. The minimum atomic E-state index is -4.16. The predicted molar refractivity (Wildman–Crippen MR) is 121 cm³/mol. The first-order valence-electron chi connectivity index (χ1n) is 10.5. The number of halogens is 1. The zero-order valence-corrected chi connectivity index (χ0v) is 20.8. The molecule has 1 saturated heterocycles. The van der Waals surface area contributed by atoms with Crippen LogP contribution < -0.4 is 4.72 Å². The number of nitrogens with one attached hydrogen (secondary N) is 1. The smallest absolute Gasteiger partial charge is 0.283 e. The van der Waals surface area contributed by atoms with Gasteiger partial charge in [0, 0.05) is 25.2 Å². The minimum absolute atomic E-state index is 0.0764. The molecule has 0 bridgehead atoms. The van der Waals surface area contributed by atoms with Crippen molar-refractivity contribution >= 4 is 27.5 Å². The SMILES string of the molecule is COC1(c2cc(S(=O)(=O)NC(=O)Cc3c(C(C)C)cc(Cl)cc3C(C)C)nn2C)COC1. The van der Waals surface area contributed by atoms with Gasteiger partial charge in [0.15, 0.2) is 10.6 Å². The number of nitrogens with zero attached hydrogens (tertiary/aromatic N) is 2. The van der Waals surface area contributed by atoms with Gasteiger partial charge >= 0.3 is 0 Å². The number of ether oxygens (including phenoxy) is 2. The van der Waals surface area contributed by atoms with E-state index in [4.69, 9.17) is 21.1 Å². The van der Waals surface area contributed by atoms with Crippen LogP contribution in [0.15, 0.2) is 23.2 Å². The second-order valence-corrected chi connectivity index (χ2v) is 10.8. The minimum Gasteiger partial charge on any atom is -0.374 e. The van der Waals surface area contributed by atoms with Gasteiger partial charge in [-0.05, 0) is 40.7 Å². The van der Waals surface area contributed by atoms with E-state index in [1.54, 1.807) is 7.05 Å². The average Bonchev–Trinajstić information content (AvgIpc) is 3.04. The molecular formula is C22H30ClN3O5S. The molecule has 2 heterocycles. The van der Waals surface area contributed by atoms with Crippen molar-refractivity contribution in [2.75, 3.05) is 20.3 Å². The van der Waals surface area contributed by atoms with Crippen molar-refractivity contribution in [3.05, 3.63) is 45.6 Å². The van der Waals surface area contributed by atoms with Crippen molar-refractivity contribution in [1.82, 2.24) is 14.5 Å². The molecule has 0 atom stereocenters. The molecule has 0 spiro atoms. The summed E-state index contributed by atoms with van der Waals surface area (Å²) in [5.41, 5.74) is 2.50. The molecule has 1 fully saturated rings. The maximum absolute atomic E-state index is 12.9. The topological polar surface area (TPSA) is 99.5 Å². The van der Waals surface area contributed by atoms with Gasteiger partial charge in [-0.25, -0.2) is 4.72 Å². The molecule has 0 aliphatic carbocycles. The number of benzene rings is 1. The Morgan fingerprint density at radius 3 is 2.22 bits per heavy atom. The highest BCUT2D eigenvalue weighted by Crippen LogP contribution is 2.34. The third-order valence-electron chi connectivity index (χ3n) is 5.77. The van der Waals surface area contributed by atoms with E-state index in [0.717, 1.165) is 16.7 Å². The number of carbonyl (C=O) groups excluding carboxylic acids is 1. The molecule has 1 aromatic carbocycles. The lowest BCUT2D eigenvalue weighted by molar-refractivity contribution is -0.206. The van der Waals surface area contributed by atoms with Gasteiger partial charge in [-0.3, -0.25) is 9.48 Å². The van der Waals surface area contributed by atoms with E-state index >= 15 is 0 Å². The Bertz CT molecular complexity index is 1090. The van der Waals surface area contributed by atoms with Gasteiger partial charge in [0.25, 0.3) is 10.0 Å². The Balaban J connectivity index is 1.87. The van der Waals surface area contributed by atoms with Gasteiger partial charge < -0.3 is 9.47 Å². The predicted octanol–water partition coefficient (Wildman–Crippen LogP) is 3.24. The summed E-state index contributed by atoms with van der Waals surface area (Å²) >= 11 is 6.29. The highest BCUT2D eigenvalue weighted by molar-refractivity contribution is 7.90. The molecule has 2 aromatic rings. The van der Waals surface area contributed by atoms with Crippen molar-refractivity contribution in [3.63, 3.8) is 0 Å². The molecule has 1 aliphatic heterocycles. The van der Waals surface area contributed by atoms with Crippen molar-refractivity contribution < 1.29 is 22.7 Å². The molecule has 1 aromatic heterocycles. The van der Waals surface area contributed by atoms with Gasteiger partial charge in [-0.2, -0.15) is 13.5 Å². The molecule has 3 rings (SSSR count). The van der Waals surface area contributed by atoms with E-state index < -0.39 is 21.5 Å². The summed E-state index contributed by atoms with van der Waals surface area (Å²) in [7, 11) is -0.993. The summed E-state index contributed by atoms with van der Waals surface area (Å²) in [6.07, 6.45) is -0.0764. The van der Waals surface area contributed by atoms with Crippen molar-refractivity contribution in [2.45, 2.75) is 56.6 Å². The number of hydrogen-bond acceptors (Lipinski definition) is 6. The molecule has 10 heteroatoms.